The Labute approximate surface area is 94.6 Å². The minimum Gasteiger partial charge on any atom is -0.319 e. The first-order chi connectivity index (χ1) is 6.67. The number of hydrogen-bond acceptors (Lipinski definition) is 3. The Morgan fingerprint density at radius 3 is 2.13 bits per heavy atom. The van der Waals surface area contributed by atoms with Crippen molar-refractivity contribution in [2.75, 3.05) is 25.6 Å². The second-order valence-corrected chi connectivity index (χ2v) is 7.65. The van der Waals surface area contributed by atoms with Crippen LogP contribution in [0.5, 0.6) is 0 Å². The lowest BCUT2D eigenvalue weighted by atomic mass is 9.78. The van der Waals surface area contributed by atoms with E-state index in [1.54, 1.807) is 0 Å². The van der Waals surface area contributed by atoms with Crippen LogP contribution < -0.4 is 5.32 Å². The van der Waals surface area contributed by atoms with E-state index in [0.29, 0.717) is 11.7 Å². The van der Waals surface area contributed by atoms with Crippen molar-refractivity contribution in [1.82, 2.24) is 5.32 Å². The molecule has 0 aromatic rings. The highest BCUT2D eigenvalue weighted by Gasteiger charge is 2.23. The van der Waals surface area contributed by atoms with Crippen molar-refractivity contribution in [1.29, 1.82) is 0 Å². The summed E-state index contributed by atoms with van der Waals surface area (Å²) in [5, 5.41) is 3.17. The van der Waals surface area contributed by atoms with Crippen LogP contribution in [0.1, 0.15) is 33.6 Å². The van der Waals surface area contributed by atoms with Gasteiger partial charge in [0, 0.05) is 12.0 Å². The lowest BCUT2D eigenvalue weighted by Gasteiger charge is -2.30. The molecule has 15 heavy (non-hydrogen) atoms. The zero-order valence-electron chi connectivity index (χ0n) is 10.6. The molecule has 1 unspecified atom stereocenters. The van der Waals surface area contributed by atoms with E-state index in [-0.39, 0.29) is 5.41 Å². The molecular formula is C11H25NO2S. The molecule has 0 heterocycles. The van der Waals surface area contributed by atoms with E-state index in [9.17, 15) is 8.42 Å². The minimum absolute atomic E-state index is 0.237. The SMILES string of the molecule is CNCC(CCCS(C)(=O)=O)C(C)(C)C. The van der Waals surface area contributed by atoms with E-state index >= 15 is 0 Å². The summed E-state index contributed by atoms with van der Waals surface area (Å²) in [4.78, 5) is 0. The molecule has 0 aliphatic rings. The molecule has 0 fully saturated rings. The number of sulfone groups is 1. The van der Waals surface area contributed by atoms with Gasteiger partial charge in [-0.15, -0.1) is 0 Å². The topological polar surface area (TPSA) is 46.2 Å². The summed E-state index contributed by atoms with van der Waals surface area (Å²) < 4.78 is 22.0. The standard InChI is InChI=1S/C11H25NO2S/c1-11(2,3)10(9-12-4)7-6-8-15(5,13)14/h10,12H,6-9H2,1-5H3. The second kappa shape index (κ2) is 5.85. The molecule has 0 saturated heterocycles. The highest BCUT2D eigenvalue weighted by Crippen LogP contribution is 2.29. The molecule has 0 aromatic heterocycles. The first-order valence-electron chi connectivity index (χ1n) is 5.49. The van der Waals surface area contributed by atoms with Crippen LogP contribution in [0, 0.1) is 11.3 Å². The fourth-order valence-electron chi connectivity index (χ4n) is 1.68. The Hall–Kier alpha value is -0.0900. The van der Waals surface area contributed by atoms with Gasteiger partial charge in [-0.25, -0.2) is 8.42 Å². The van der Waals surface area contributed by atoms with Crippen LogP contribution in [-0.2, 0) is 9.84 Å². The normalized spacial score (nSPS) is 15.3. The summed E-state index contributed by atoms with van der Waals surface area (Å²) in [6.45, 7) is 7.56. The van der Waals surface area contributed by atoms with E-state index in [1.807, 2.05) is 7.05 Å². The van der Waals surface area contributed by atoms with Gasteiger partial charge in [0.1, 0.15) is 9.84 Å². The maximum Gasteiger partial charge on any atom is 0.147 e. The van der Waals surface area contributed by atoms with Gasteiger partial charge in [0.05, 0.1) is 0 Å². The van der Waals surface area contributed by atoms with Crippen LogP contribution in [0.3, 0.4) is 0 Å². The molecule has 0 aromatic carbocycles. The van der Waals surface area contributed by atoms with E-state index < -0.39 is 9.84 Å². The van der Waals surface area contributed by atoms with Gasteiger partial charge in [-0.2, -0.15) is 0 Å². The van der Waals surface area contributed by atoms with Crippen LogP contribution in [0.2, 0.25) is 0 Å². The number of nitrogens with one attached hydrogen (secondary N) is 1. The molecule has 1 N–H and O–H groups in total. The van der Waals surface area contributed by atoms with E-state index in [1.165, 1.54) is 6.26 Å². The summed E-state index contributed by atoms with van der Waals surface area (Å²) in [6, 6.07) is 0. The van der Waals surface area contributed by atoms with Gasteiger partial charge < -0.3 is 5.32 Å². The molecule has 0 amide bonds. The molecule has 0 radical (unpaired) electrons. The fourth-order valence-corrected chi connectivity index (χ4v) is 2.37. The molecule has 92 valence electrons. The van der Waals surface area contributed by atoms with Crippen LogP contribution >= 0.6 is 0 Å². The Morgan fingerprint density at radius 2 is 1.80 bits per heavy atom. The van der Waals surface area contributed by atoms with Crippen LogP contribution in [0.25, 0.3) is 0 Å². The summed E-state index contributed by atoms with van der Waals surface area (Å²) in [5.74, 6) is 0.841. The van der Waals surface area contributed by atoms with Gasteiger partial charge in [-0.1, -0.05) is 20.8 Å². The lowest BCUT2D eigenvalue weighted by molar-refractivity contribution is 0.221. The third kappa shape index (κ3) is 7.79. The molecule has 0 rings (SSSR count). The largest absolute Gasteiger partial charge is 0.319 e. The molecule has 0 saturated carbocycles. The number of rotatable bonds is 6. The van der Waals surface area contributed by atoms with Gasteiger partial charge in [-0.05, 0) is 37.8 Å². The van der Waals surface area contributed by atoms with Crippen LogP contribution in [-0.4, -0.2) is 34.0 Å². The summed E-state index contributed by atoms with van der Waals surface area (Å²) in [5.41, 5.74) is 0.237. The van der Waals surface area contributed by atoms with Gasteiger partial charge >= 0.3 is 0 Å². The van der Waals surface area contributed by atoms with Gasteiger partial charge in [-0.3, -0.25) is 0 Å². The monoisotopic (exact) mass is 235 g/mol. The highest BCUT2D eigenvalue weighted by molar-refractivity contribution is 7.90. The molecule has 1 atom stereocenters. The first kappa shape index (κ1) is 14.9. The van der Waals surface area contributed by atoms with Gasteiger partial charge in [0.15, 0.2) is 0 Å². The first-order valence-corrected chi connectivity index (χ1v) is 7.55. The quantitative estimate of drug-likeness (QED) is 0.762. The molecule has 0 spiro atoms. The zero-order valence-corrected chi connectivity index (χ0v) is 11.4. The van der Waals surface area contributed by atoms with Crippen molar-refractivity contribution in [3.8, 4) is 0 Å². The highest BCUT2D eigenvalue weighted by atomic mass is 32.2. The zero-order chi connectivity index (χ0) is 12.1. The Balaban J connectivity index is 4.09. The average Bonchev–Trinajstić information content (AvgIpc) is 1.98. The molecule has 0 aliphatic heterocycles. The van der Waals surface area contributed by atoms with E-state index in [4.69, 9.17) is 0 Å². The summed E-state index contributed by atoms with van der Waals surface area (Å²) >= 11 is 0. The van der Waals surface area contributed by atoms with Crippen molar-refractivity contribution in [2.45, 2.75) is 33.6 Å². The Kier molecular flexibility index (Phi) is 5.81. The molecule has 4 heteroatoms. The van der Waals surface area contributed by atoms with Gasteiger partial charge in [0.2, 0.25) is 0 Å². The number of hydrogen-bond donors (Lipinski definition) is 1. The Morgan fingerprint density at radius 1 is 1.27 bits per heavy atom. The summed E-state index contributed by atoms with van der Waals surface area (Å²) in [7, 11) is -0.861. The summed E-state index contributed by atoms with van der Waals surface area (Å²) in [6.07, 6.45) is 3.04. The molecular weight excluding hydrogens is 210 g/mol. The fraction of sp³-hybridized carbons (Fsp3) is 1.00. The molecule has 3 nitrogen and oxygen atoms in total. The minimum atomic E-state index is -2.80. The molecule has 0 bridgehead atoms. The maximum atomic E-state index is 11.0. The predicted molar refractivity (Wildman–Crippen MR) is 65.8 cm³/mol. The third-order valence-electron chi connectivity index (χ3n) is 2.74. The van der Waals surface area contributed by atoms with Gasteiger partial charge in [0.25, 0.3) is 0 Å². The third-order valence-corrected chi connectivity index (χ3v) is 3.77. The Bertz CT molecular complexity index is 265. The van der Waals surface area contributed by atoms with Crippen molar-refractivity contribution in [3.05, 3.63) is 0 Å². The average molecular weight is 235 g/mol. The van der Waals surface area contributed by atoms with E-state index in [0.717, 1.165) is 19.4 Å². The second-order valence-electron chi connectivity index (χ2n) is 5.39. The van der Waals surface area contributed by atoms with Crippen molar-refractivity contribution in [3.63, 3.8) is 0 Å². The van der Waals surface area contributed by atoms with Crippen LogP contribution in [0.4, 0.5) is 0 Å². The smallest absolute Gasteiger partial charge is 0.147 e. The van der Waals surface area contributed by atoms with E-state index in [2.05, 4.69) is 26.1 Å². The predicted octanol–water partition coefficient (Wildman–Crippen LogP) is 1.69. The van der Waals surface area contributed by atoms with Crippen LogP contribution in [0.15, 0.2) is 0 Å². The maximum absolute atomic E-state index is 11.0. The lowest BCUT2D eigenvalue weighted by Crippen LogP contribution is -2.30. The molecule has 0 aliphatic carbocycles. The van der Waals surface area contributed by atoms with Crippen molar-refractivity contribution >= 4 is 9.84 Å². The van der Waals surface area contributed by atoms with Crippen molar-refractivity contribution < 1.29 is 8.42 Å². The van der Waals surface area contributed by atoms with Crippen molar-refractivity contribution in [2.24, 2.45) is 11.3 Å².